The molecule has 0 spiro atoms. The summed E-state index contributed by atoms with van der Waals surface area (Å²) >= 11 is 0. The van der Waals surface area contributed by atoms with Crippen molar-refractivity contribution in [2.75, 3.05) is 0 Å². The van der Waals surface area contributed by atoms with Crippen molar-refractivity contribution in [3.8, 4) is 33.4 Å². The lowest BCUT2D eigenvalue weighted by molar-refractivity contribution is 0.448. The van der Waals surface area contributed by atoms with Crippen molar-refractivity contribution in [1.29, 1.82) is 0 Å². The molecule has 0 amide bonds. The van der Waals surface area contributed by atoms with E-state index in [2.05, 4.69) is 6.58 Å². The molecule has 34 heavy (non-hydrogen) atoms. The minimum atomic E-state index is -1.52. The summed E-state index contributed by atoms with van der Waals surface area (Å²) in [5, 5.41) is 0. The maximum absolute atomic E-state index is 14.6. The van der Waals surface area contributed by atoms with Crippen molar-refractivity contribution in [1.82, 2.24) is 0 Å². The summed E-state index contributed by atoms with van der Waals surface area (Å²) in [4.78, 5) is 0. The van der Waals surface area contributed by atoms with Crippen molar-refractivity contribution in [2.24, 2.45) is 0 Å². The molecular weight excluding hydrogens is 450 g/mol. The van der Waals surface area contributed by atoms with E-state index in [1.165, 1.54) is 12.1 Å². The Morgan fingerprint density at radius 1 is 0.559 bits per heavy atom. The van der Waals surface area contributed by atoms with Crippen molar-refractivity contribution >= 4 is 5.83 Å². The van der Waals surface area contributed by atoms with Gasteiger partial charge in [-0.15, -0.1) is 0 Å². The zero-order chi connectivity index (χ0) is 24.4. The summed E-state index contributed by atoms with van der Waals surface area (Å²) in [6.45, 7) is 3.15. The van der Waals surface area contributed by atoms with Gasteiger partial charge in [0.25, 0.3) is 0 Å². The maximum Gasteiger partial charge on any atom is 0.194 e. The van der Waals surface area contributed by atoms with E-state index in [4.69, 9.17) is 0 Å². The number of halogens is 6. The highest BCUT2D eigenvalue weighted by atomic mass is 19.2. The number of benzene rings is 4. The molecule has 0 aliphatic rings. The van der Waals surface area contributed by atoms with Gasteiger partial charge in [0.15, 0.2) is 29.1 Å². The quantitative estimate of drug-likeness (QED) is 0.156. The van der Waals surface area contributed by atoms with Crippen molar-refractivity contribution in [3.63, 3.8) is 0 Å². The number of rotatable bonds is 5. The van der Waals surface area contributed by atoms with Crippen LogP contribution in [0.3, 0.4) is 0 Å². The monoisotopic (exact) mass is 466 g/mol. The summed E-state index contributed by atoms with van der Waals surface area (Å²) < 4.78 is 82.0. The van der Waals surface area contributed by atoms with E-state index >= 15 is 0 Å². The van der Waals surface area contributed by atoms with Gasteiger partial charge in [-0.3, -0.25) is 0 Å². The normalized spacial score (nSPS) is 11.8. The van der Waals surface area contributed by atoms with E-state index in [-0.39, 0.29) is 16.7 Å². The molecule has 0 nitrogen and oxygen atoms in total. The molecule has 0 N–H and O–H groups in total. The largest absolute Gasteiger partial charge is 0.206 e. The molecule has 0 saturated carbocycles. The zero-order valence-corrected chi connectivity index (χ0v) is 17.6. The minimum Gasteiger partial charge on any atom is -0.206 e. The Morgan fingerprint density at radius 3 is 1.50 bits per heavy atom. The molecule has 170 valence electrons. The van der Waals surface area contributed by atoms with Crippen LogP contribution in [0.1, 0.15) is 5.56 Å². The fourth-order valence-corrected chi connectivity index (χ4v) is 3.53. The number of hydrogen-bond acceptors (Lipinski definition) is 0. The average Bonchev–Trinajstić information content (AvgIpc) is 2.86. The molecule has 0 saturated heterocycles. The first-order valence-electron chi connectivity index (χ1n) is 10.1. The van der Waals surface area contributed by atoms with E-state index in [1.54, 1.807) is 48.5 Å². The second-order valence-corrected chi connectivity index (χ2v) is 7.47. The van der Waals surface area contributed by atoms with Gasteiger partial charge in [0.1, 0.15) is 5.82 Å². The van der Waals surface area contributed by atoms with Crippen LogP contribution in [0.4, 0.5) is 26.3 Å². The molecule has 4 rings (SSSR count). The lowest BCUT2D eigenvalue weighted by atomic mass is 9.97. The van der Waals surface area contributed by atoms with Gasteiger partial charge in [-0.05, 0) is 52.1 Å². The third-order valence-electron chi connectivity index (χ3n) is 5.34. The summed E-state index contributed by atoms with van der Waals surface area (Å²) in [5.41, 5.74) is 2.84. The van der Waals surface area contributed by atoms with Crippen LogP contribution < -0.4 is 0 Å². The topological polar surface area (TPSA) is 0 Å². The van der Waals surface area contributed by atoms with Crippen LogP contribution in [-0.2, 0) is 0 Å². The van der Waals surface area contributed by atoms with Gasteiger partial charge in [-0.2, -0.15) is 0 Å². The van der Waals surface area contributed by atoms with E-state index in [0.717, 1.165) is 29.3 Å². The molecule has 0 radical (unpaired) electrons. The highest BCUT2D eigenvalue weighted by Gasteiger charge is 2.13. The van der Waals surface area contributed by atoms with E-state index < -0.39 is 34.9 Å². The van der Waals surface area contributed by atoms with Crippen LogP contribution in [0.15, 0.2) is 97.3 Å². The molecule has 0 bridgehead atoms. The number of hydrogen-bond donors (Lipinski definition) is 0. The molecule has 4 aromatic carbocycles. The van der Waals surface area contributed by atoms with Gasteiger partial charge >= 0.3 is 0 Å². The highest BCUT2D eigenvalue weighted by molar-refractivity contribution is 5.74. The minimum absolute atomic E-state index is 0.205. The Labute approximate surface area is 192 Å². The van der Waals surface area contributed by atoms with E-state index in [0.29, 0.717) is 17.2 Å². The van der Waals surface area contributed by atoms with Crippen LogP contribution in [0.25, 0.3) is 39.2 Å². The molecule has 6 heteroatoms. The van der Waals surface area contributed by atoms with Crippen LogP contribution in [0, 0.1) is 23.3 Å². The standard InChI is InChI=1S/C28H16F6/c1-2-23(29)27(33)20-11-12-22(24(30)13-20)19-9-7-17(8-10-19)16-3-5-18(6-4-16)21-14-25(31)28(34)26(32)15-21/h2-15H,1H2. The SMILES string of the molecule is C=CC(F)=C(F)c1ccc(-c2ccc(-c3ccc(-c4cc(F)c(F)c(F)c4)cc3)cc2)c(F)c1. The third-order valence-corrected chi connectivity index (χ3v) is 5.34. The molecule has 0 aromatic heterocycles. The van der Waals surface area contributed by atoms with Crippen molar-refractivity contribution < 1.29 is 26.3 Å². The molecule has 4 aromatic rings. The van der Waals surface area contributed by atoms with Gasteiger partial charge in [-0.1, -0.05) is 67.2 Å². The van der Waals surface area contributed by atoms with Gasteiger partial charge in [0.2, 0.25) is 0 Å². The summed E-state index contributed by atoms with van der Waals surface area (Å²) in [5.74, 6) is -7.11. The van der Waals surface area contributed by atoms with Gasteiger partial charge in [0, 0.05) is 11.1 Å². The molecule has 0 atom stereocenters. The van der Waals surface area contributed by atoms with Crippen LogP contribution in [-0.4, -0.2) is 0 Å². The van der Waals surface area contributed by atoms with Crippen LogP contribution >= 0.6 is 0 Å². The van der Waals surface area contributed by atoms with Crippen molar-refractivity contribution in [3.05, 3.63) is 126 Å². The molecule has 0 aliphatic carbocycles. The van der Waals surface area contributed by atoms with Gasteiger partial charge < -0.3 is 0 Å². The highest BCUT2D eigenvalue weighted by Crippen LogP contribution is 2.31. The molecular formula is C28H16F6. The lowest BCUT2D eigenvalue weighted by Crippen LogP contribution is -1.92. The Morgan fingerprint density at radius 2 is 1.03 bits per heavy atom. The average molecular weight is 466 g/mol. The zero-order valence-electron chi connectivity index (χ0n) is 17.6. The summed E-state index contributed by atoms with van der Waals surface area (Å²) in [6.07, 6.45) is 0.711. The second kappa shape index (κ2) is 9.43. The first kappa shape index (κ1) is 23.1. The predicted molar refractivity (Wildman–Crippen MR) is 122 cm³/mol. The first-order valence-corrected chi connectivity index (χ1v) is 10.1. The smallest absolute Gasteiger partial charge is 0.194 e. The van der Waals surface area contributed by atoms with E-state index in [1.807, 2.05) is 0 Å². The first-order chi connectivity index (χ1) is 16.3. The van der Waals surface area contributed by atoms with Crippen LogP contribution in [0.5, 0.6) is 0 Å². The third kappa shape index (κ3) is 4.53. The van der Waals surface area contributed by atoms with Gasteiger partial charge in [-0.25, -0.2) is 26.3 Å². The number of allylic oxidation sites excluding steroid dienone is 2. The predicted octanol–water partition coefficient (Wildman–Crippen LogP) is 9.04. The van der Waals surface area contributed by atoms with Crippen LogP contribution in [0.2, 0.25) is 0 Å². The fraction of sp³-hybridized carbons (Fsp3) is 0. The summed E-state index contributed by atoms with van der Waals surface area (Å²) in [7, 11) is 0. The fourth-order valence-electron chi connectivity index (χ4n) is 3.53. The molecule has 0 heterocycles. The maximum atomic E-state index is 14.6. The second-order valence-electron chi connectivity index (χ2n) is 7.47. The Balaban J connectivity index is 1.58. The molecule has 0 aliphatic heterocycles. The summed E-state index contributed by atoms with van der Waals surface area (Å²) in [6, 6.07) is 19.1. The Bertz CT molecular complexity index is 1380. The Kier molecular flexibility index (Phi) is 6.41. The molecule has 0 unspecified atom stereocenters. The van der Waals surface area contributed by atoms with E-state index in [9.17, 15) is 26.3 Å². The lowest BCUT2D eigenvalue weighted by Gasteiger charge is -2.09. The Hall–Kier alpha value is -4.06. The molecule has 0 fully saturated rings. The van der Waals surface area contributed by atoms with Crippen molar-refractivity contribution in [2.45, 2.75) is 0 Å². The van der Waals surface area contributed by atoms with Gasteiger partial charge in [0.05, 0.1) is 0 Å².